The van der Waals surface area contributed by atoms with Gasteiger partial charge >= 0.3 is 0 Å². The molecule has 3 heteroatoms. The second-order valence-electron chi connectivity index (χ2n) is 3.10. The molecule has 76 valence electrons. The maximum Gasteiger partial charge on any atom is 0.163 e. The van der Waals surface area contributed by atoms with E-state index in [9.17, 15) is 4.79 Å². The van der Waals surface area contributed by atoms with E-state index in [2.05, 4.69) is 6.92 Å². The molecule has 0 aliphatic heterocycles. The van der Waals surface area contributed by atoms with Gasteiger partial charge in [0.05, 0.1) is 0 Å². The molecule has 0 aliphatic rings. The summed E-state index contributed by atoms with van der Waals surface area (Å²) in [6, 6.07) is 0. The minimum absolute atomic E-state index is 0. The first-order chi connectivity index (χ1) is 5.77. The van der Waals surface area contributed by atoms with Gasteiger partial charge in [-0.2, -0.15) is 6.42 Å². The van der Waals surface area contributed by atoms with Gasteiger partial charge in [-0.15, -0.1) is 0 Å². The van der Waals surface area contributed by atoms with E-state index in [1.165, 1.54) is 38.5 Å². The van der Waals surface area contributed by atoms with Crippen LogP contribution in [-0.2, 0) is 4.79 Å². The summed E-state index contributed by atoms with van der Waals surface area (Å²) in [5, 5.41) is 8.30. The van der Waals surface area contributed by atoms with E-state index in [0.717, 1.165) is 12.8 Å². The summed E-state index contributed by atoms with van der Waals surface area (Å²) in [4.78, 5) is 10.1. The maximum atomic E-state index is 10.1. The summed E-state index contributed by atoms with van der Waals surface area (Å²) < 4.78 is 0. The molecule has 0 heterocycles. The van der Waals surface area contributed by atoms with Gasteiger partial charge in [-0.25, -0.2) is 0 Å². The minimum atomic E-state index is -0.788. The van der Waals surface area contributed by atoms with Crippen LogP contribution in [0.4, 0.5) is 0 Å². The van der Waals surface area contributed by atoms with Gasteiger partial charge in [0.15, 0.2) is 5.97 Å². The van der Waals surface area contributed by atoms with Crippen molar-refractivity contribution >= 4 is 5.97 Å². The first-order valence-electron chi connectivity index (χ1n) is 4.83. The predicted octanol–water partition coefficient (Wildman–Crippen LogP) is 3.03. The van der Waals surface area contributed by atoms with Crippen molar-refractivity contribution in [3.63, 3.8) is 0 Å². The Morgan fingerprint density at radius 3 is 2.23 bits per heavy atom. The molecule has 13 heavy (non-hydrogen) atoms. The molecule has 0 fully saturated rings. The van der Waals surface area contributed by atoms with Crippen molar-refractivity contribution in [1.82, 2.24) is 0 Å². The molecule has 0 aromatic rings. The SMILES string of the molecule is CCCCCCCC[CH-]C(=O)O.[Nd]. The van der Waals surface area contributed by atoms with Crippen LogP contribution < -0.4 is 0 Å². The minimum Gasteiger partial charge on any atom is -0.503 e. The van der Waals surface area contributed by atoms with Crippen molar-refractivity contribution in [3.8, 4) is 0 Å². The summed E-state index contributed by atoms with van der Waals surface area (Å²) in [7, 11) is 0. The van der Waals surface area contributed by atoms with E-state index >= 15 is 0 Å². The second kappa shape index (κ2) is 12.7. The van der Waals surface area contributed by atoms with Crippen LogP contribution in [0.15, 0.2) is 0 Å². The number of aliphatic carboxylic acids is 1. The average molecular weight is 316 g/mol. The maximum absolute atomic E-state index is 10.1. The largest absolute Gasteiger partial charge is 0.503 e. The predicted molar refractivity (Wildman–Crippen MR) is 49.9 cm³/mol. The summed E-state index contributed by atoms with van der Waals surface area (Å²) in [6.07, 6.45) is 9.38. The molecule has 0 spiro atoms. The van der Waals surface area contributed by atoms with Gasteiger partial charge in [-0.05, 0) is 0 Å². The number of carboxylic acid groups (broad SMARTS) is 1. The molecule has 0 amide bonds. The van der Waals surface area contributed by atoms with Crippen molar-refractivity contribution in [2.45, 2.75) is 51.9 Å². The van der Waals surface area contributed by atoms with Crippen molar-refractivity contribution in [3.05, 3.63) is 6.42 Å². The topological polar surface area (TPSA) is 37.3 Å². The van der Waals surface area contributed by atoms with Gasteiger partial charge in [0.2, 0.25) is 0 Å². The molecule has 0 saturated carbocycles. The molecule has 0 saturated heterocycles. The Kier molecular flexibility index (Phi) is 15.7. The number of hydrogen-bond acceptors (Lipinski definition) is 1. The van der Waals surface area contributed by atoms with Crippen LogP contribution >= 0.6 is 0 Å². The van der Waals surface area contributed by atoms with E-state index in [1.54, 1.807) is 0 Å². The number of carboxylic acids is 1. The van der Waals surface area contributed by atoms with Crippen LogP contribution in [0.3, 0.4) is 0 Å². The molecule has 0 aromatic carbocycles. The first-order valence-corrected chi connectivity index (χ1v) is 4.83. The van der Waals surface area contributed by atoms with Crippen LogP contribution in [0.1, 0.15) is 51.9 Å². The van der Waals surface area contributed by atoms with Crippen LogP contribution in [-0.4, -0.2) is 11.1 Å². The molecule has 0 atom stereocenters. The van der Waals surface area contributed by atoms with E-state index in [4.69, 9.17) is 5.11 Å². The zero-order valence-corrected chi connectivity index (χ0v) is 11.6. The molecule has 0 bridgehead atoms. The fraction of sp³-hybridized carbons (Fsp3) is 0.800. The van der Waals surface area contributed by atoms with E-state index < -0.39 is 5.97 Å². The molecule has 0 radical (unpaired) electrons. The smallest absolute Gasteiger partial charge is 0.163 e. The Hall–Kier alpha value is 0.691. The van der Waals surface area contributed by atoms with Crippen molar-refractivity contribution in [1.29, 1.82) is 0 Å². The van der Waals surface area contributed by atoms with Crippen LogP contribution in [0.5, 0.6) is 0 Å². The zero-order chi connectivity index (χ0) is 9.23. The van der Waals surface area contributed by atoms with Crippen LogP contribution in [0.25, 0.3) is 0 Å². The van der Waals surface area contributed by atoms with Gasteiger partial charge in [0.1, 0.15) is 0 Å². The Morgan fingerprint density at radius 2 is 1.69 bits per heavy atom. The second-order valence-corrected chi connectivity index (χ2v) is 3.10. The molecule has 0 rings (SSSR count). The van der Waals surface area contributed by atoms with Crippen molar-refractivity contribution < 1.29 is 50.7 Å². The van der Waals surface area contributed by atoms with Crippen LogP contribution in [0.2, 0.25) is 0 Å². The van der Waals surface area contributed by atoms with E-state index in [1.807, 2.05) is 0 Å². The Labute approximate surface area is 114 Å². The van der Waals surface area contributed by atoms with Gasteiger partial charge in [0.25, 0.3) is 0 Å². The van der Waals surface area contributed by atoms with Gasteiger partial charge < -0.3 is 5.11 Å². The summed E-state index contributed by atoms with van der Waals surface area (Å²) in [5.41, 5.74) is 0. The average Bonchev–Trinajstić information content (AvgIpc) is 2.02. The fourth-order valence-corrected chi connectivity index (χ4v) is 1.15. The summed E-state index contributed by atoms with van der Waals surface area (Å²) in [5.74, 6) is -0.788. The van der Waals surface area contributed by atoms with Crippen molar-refractivity contribution in [2.75, 3.05) is 0 Å². The van der Waals surface area contributed by atoms with Gasteiger partial charge in [-0.3, -0.25) is 11.2 Å². The standard InChI is InChI=1S/C10H19O2.Nd/c1-2-3-4-5-6-7-8-9-10(11)12;/h9H,2-8H2,1H3,(H,11,12);/q-1;. The fourth-order valence-electron chi connectivity index (χ4n) is 1.15. The first kappa shape index (κ1) is 16.1. The third-order valence-corrected chi connectivity index (χ3v) is 1.88. The number of carbonyl (C=O) groups is 1. The zero-order valence-electron chi connectivity index (χ0n) is 8.38. The normalized spacial score (nSPS) is 9.00. The molecule has 2 nitrogen and oxygen atoms in total. The number of rotatable bonds is 8. The van der Waals surface area contributed by atoms with E-state index in [0.29, 0.717) is 0 Å². The Balaban J connectivity index is 0. The summed E-state index contributed by atoms with van der Waals surface area (Å²) in [6.45, 7) is 2.19. The third kappa shape index (κ3) is 15.4. The monoisotopic (exact) mass is 313 g/mol. The molecule has 1 N–H and O–H groups in total. The Bertz CT molecular complexity index is 115. The number of unbranched alkanes of at least 4 members (excludes halogenated alkanes) is 6. The summed E-state index contributed by atoms with van der Waals surface area (Å²) >= 11 is 0. The quantitative estimate of drug-likeness (QED) is 0.552. The molecular formula is C10H19NdO2-. The number of hydrogen-bond donors (Lipinski definition) is 1. The van der Waals surface area contributed by atoms with Crippen LogP contribution in [0, 0.1) is 47.3 Å². The van der Waals surface area contributed by atoms with E-state index in [-0.39, 0.29) is 40.8 Å². The molecular weight excluding hydrogens is 296 g/mol. The van der Waals surface area contributed by atoms with Gasteiger partial charge in [-0.1, -0.05) is 45.4 Å². The molecule has 0 aliphatic carbocycles. The molecule has 0 aromatic heterocycles. The molecule has 0 unspecified atom stereocenters. The Morgan fingerprint density at radius 1 is 1.15 bits per heavy atom. The van der Waals surface area contributed by atoms with Crippen molar-refractivity contribution in [2.24, 2.45) is 0 Å². The van der Waals surface area contributed by atoms with Gasteiger partial charge in [0, 0.05) is 40.8 Å². The third-order valence-electron chi connectivity index (χ3n) is 1.88.